The number of hydrogen-bond donors (Lipinski definition) is 0. The molecule has 1 heteroatoms. The first kappa shape index (κ1) is 15.6. The molecule has 0 heterocycles. The van der Waals surface area contributed by atoms with Crippen LogP contribution in [0.3, 0.4) is 0 Å². The van der Waals surface area contributed by atoms with Crippen LogP contribution in [0.15, 0.2) is 42.5 Å². The summed E-state index contributed by atoms with van der Waals surface area (Å²) in [5.41, 5.74) is 5.82. The average Bonchev–Trinajstić information content (AvgIpc) is 2.93. The van der Waals surface area contributed by atoms with E-state index in [1.54, 1.807) is 0 Å². The van der Waals surface area contributed by atoms with E-state index in [1.807, 2.05) is 0 Å². The molecule has 0 spiro atoms. The fourth-order valence-electron chi connectivity index (χ4n) is 4.61. The van der Waals surface area contributed by atoms with Gasteiger partial charge in [0, 0.05) is 11.5 Å². The lowest BCUT2D eigenvalue weighted by molar-refractivity contribution is 0.0912. The highest BCUT2D eigenvalue weighted by Gasteiger charge is 2.34. The van der Waals surface area contributed by atoms with Crippen molar-refractivity contribution in [2.75, 3.05) is 0 Å². The maximum atomic E-state index is 13.1. The molecule has 1 saturated carbocycles. The molecule has 1 unspecified atom stereocenters. The molecule has 0 amide bonds. The predicted molar refractivity (Wildman–Crippen MR) is 99.3 cm³/mol. The first-order chi connectivity index (χ1) is 11.7. The van der Waals surface area contributed by atoms with Gasteiger partial charge in [-0.2, -0.15) is 0 Å². The van der Waals surface area contributed by atoms with E-state index in [4.69, 9.17) is 0 Å². The van der Waals surface area contributed by atoms with Gasteiger partial charge in [0.2, 0.25) is 0 Å². The second kappa shape index (κ2) is 6.55. The van der Waals surface area contributed by atoms with E-state index in [2.05, 4.69) is 49.4 Å². The molecule has 24 heavy (non-hydrogen) atoms. The average molecular weight is 318 g/mol. The predicted octanol–water partition coefficient (Wildman–Crippen LogP) is 5.99. The maximum Gasteiger partial charge on any atom is 0.167 e. The zero-order chi connectivity index (χ0) is 16.5. The van der Waals surface area contributed by atoms with Gasteiger partial charge in [-0.15, -0.1) is 0 Å². The molecule has 2 aliphatic rings. The van der Waals surface area contributed by atoms with Gasteiger partial charge in [0.05, 0.1) is 0 Å². The van der Waals surface area contributed by atoms with Crippen molar-refractivity contribution in [2.24, 2.45) is 11.8 Å². The fourth-order valence-corrected chi connectivity index (χ4v) is 4.61. The molecule has 4 rings (SSSR count). The van der Waals surface area contributed by atoms with E-state index in [9.17, 15) is 4.79 Å². The van der Waals surface area contributed by atoms with Crippen LogP contribution in [0.2, 0.25) is 0 Å². The molecule has 1 atom stereocenters. The van der Waals surface area contributed by atoms with Gasteiger partial charge in [-0.3, -0.25) is 4.79 Å². The van der Waals surface area contributed by atoms with Crippen molar-refractivity contribution in [3.05, 3.63) is 59.2 Å². The summed E-state index contributed by atoms with van der Waals surface area (Å²) < 4.78 is 0. The normalized spacial score (nSPS) is 21.0. The minimum Gasteiger partial charge on any atom is -0.294 e. The second-order valence-electron chi connectivity index (χ2n) is 7.71. The van der Waals surface area contributed by atoms with E-state index in [1.165, 1.54) is 48.8 Å². The largest absolute Gasteiger partial charge is 0.294 e. The molecule has 2 aliphatic carbocycles. The highest BCUT2D eigenvalue weighted by molar-refractivity contribution is 6.07. The third kappa shape index (κ3) is 2.92. The van der Waals surface area contributed by atoms with Crippen molar-refractivity contribution < 1.29 is 4.79 Å². The van der Waals surface area contributed by atoms with Gasteiger partial charge in [0.1, 0.15) is 0 Å². The molecular formula is C23H26O. The molecule has 0 aromatic heterocycles. The van der Waals surface area contributed by atoms with Crippen molar-refractivity contribution in [2.45, 2.75) is 51.9 Å². The number of carbonyl (C=O) groups excluding carboxylic acids is 1. The van der Waals surface area contributed by atoms with Crippen molar-refractivity contribution in [1.82, 2.24) is 0 Å². The summed E-state index contributed by atoms with van der Waals surface area (Å²) >= 11 is 0. The molecule has 124 valence electrons. The van der Waals surface area contributed by atoms with Crippen LogP contribution in [-0.2, 0) is 6.42 Å². The lowest BCUT2D eigenvalue weighted by Gasteiger charge is -2.23. The summed E-state index contributed by atoms with van der Waals surface area (Å²) in [5, 5.41) is 0. The number of Topliss-reactive ketones (excluding diaryl/α,β-unsaturated/α-hetero) is 1. The molecule has 0 aliphatic heterocycles. The Morgan fingerprint density at radius 1 is 0.958 bits per heavy atom. The van der Waals surface area contributed by atoms with Crippen LogP contribution in [0, 0.1) is 18.8 Å². The maximum absolute atomic E-state index is 13.1. The standard InChI is InChI=1S/C23H26O/c1-16-10-12-18(13-11-16)21-9-5-8-19-15-20(23(24)22(19)21)14-17-6-3-2-4-7-17/h5,8-13,17,20H,2-4,6-7,14-15H2,1H3. The number of rotatable bonds is 3. The van der Waals surface area contributed by atoms with E-state index in [0.29, 0.717) is 5.78 Å². The number of aryl methyl sites for hydroxylation is 1. The molecule has 0 radical (unpaired) electrons. The molecule has 2 aromatic rings. The molecule has 1 fully saturated rings. The van der Waals surface area contributed by atoms with Crippen LogP contribution in [0.5, 0.6) is 0 Å². The van der Waals surface area contributed by atoms with E-state index in [-0.39, 0.29) is 5.92 Å². The summed E-state index contributed by atoms with van der Waals surface area (Å²) in [5.74, 6) is 1.38. The molecule has 2 aromatic carbocycles. The smallest absolute Gasteiger partial charge is 0.167 e. The van der Waals surface area contributed by atoms with Gasteiger partial charge in [-0.05, 0) is 42.4 Å². The summed E-state index contributed by atoms with van der Waals surface area (Å²) in [6, 6.07) is 14.9. The van der Waals surface area contributed by atoms with Crippen molar-refractivity contribution >= 4 is 5.78 Å². The Bertz CT molecular complexity index is 735. The zero-order valence-corrected chi connectivity index (χ0v) is 14.6. The Labute approximate surface area is 145 Å². The first-order valence-electron chi connectivity index (χ1n) is 9.45. The second-order valence-corrected chi connectivity index (χ2v) is 7.71. The summed E-state index contributed by atoms with van der Waals surface area (Å²) in [6.45, 7) is 2.10. The fraction of sp³-hybridized carbons (Fsp3) is 0.435. The zero-order valence-electron chi connectivity index (χ0n) is 14.6. The van der Waals surface area contributed by atoms with E-state index in [0.717, 1.165) is 29.9 Å². The summed E-state index contributed by atoms with van der Waals surface area (Å²) in [4.78, 5) is 13.1. The Balaban J connectivity index is 1.61. The minimum absolute atomic E-state index is 0.217. The van der Waals surface area contributed by atoms with Crippen molar-refractivity contribution in [3.63, 3.8) is 0 Å². The van der Waals surface area contributed by atoms with Crippen LogP contribution in [0.25, 0.3) is 11.1 Å². The number of fused-ring (bicyclic) bond motifs is 1. The lowest BCUT2D eigenvalue weighted by atomic mass is 9.81. The van der Waals surface area contributed by atoms with Crippen molar-refractivity contribution in [1.29, 1.82) is 0 Å². The Morgan fingerprint density at radius 2 is 1.71 bits per heavy atom. The molecule has 0 bridgehead atoms. The highest BCUT2D eigenvalue weighted by Crippen LogP contribution is 2.39. The Kier molecular flexibility index (Phi) is 4.26. The monoisotopic (exact) mass is 318 g/mol. The number of hydrogen-bond acceptors (Lipinski definition) is 1. The number of carbonyl (C=O) groups is 1. The Morgan fingerprint density at radius 3 is 2.46 bits per heavy atom. The van der Waals surface area contributed by atoms with Gasteiger partial charge in [-0.25, -0.2) is 0 Å². The first-order valence-corrected chi connectivity index (χ1v) is 9.45. The van der Waals surface area contributed by atoms with Crippen LogP contribution in [-0.4, -0.2) is 5.78 Å². The SMILES string of the molecule is Cc1ccc(-c2cccc3c2C(=O)C(CC2CCCCC2)C3)cc1. The third-order valence-electron chi connectivity index (χ3n) is 5.94. The molecule has 0 N–H and O–H groups in total. The molecule has 0 saturated heterocycles. The summed E-state index contributed by atoms with van der Waals surface area (Å²) in [7, 11) is 0. The third-order valence-corrected chi connectivity index (χ3v) is 5.94. The van der Waals surface area contributed by atoms with Gasteiger partial charge >= 0.3 is 0 Å². The molecule has 1 nitrogen and oxygen atoms in total. The van der Waals surface area contributed by atoms with E-state index < -0.39 is 0 Å². The lowest BCUT2D eigenvalue weighted by Crippen LogP contribution is -2.17. The topological polar surface area (TPSA) is 17.1 Å². The van der Waals surface area contributed by atoms with Crippen LogP contribution in [0.1, 0.15) is 60.0 Å². The van der Waals surface area contributed by atoms with Gasteiger partial charge < -0.3 is 0 Å². The number of ketones is 1. The molecular weight excluding hydrogens is 292 g/mol. The van der Waals surface area contributed by atoms with E-state index >= 15 is 0 Å². The summed E-state index contributed by atoms with van der Waals surface area (Å²) in [6.07, 6.45) is 8.79. The Hall–Kier alpha value is -1.89. The highest BCUT2D eigenvalue weighted by atomic mass is 16.1. The van der Waals surface area contributed by atoms with Crippen LogP contribution >= 0.6 is 0 Å². The van der Waals surface area contributed by atoms with Gasteiger partial charge in [0.25, 0.3) is 0 Å². The number of benzene rings is 2. The quantitative estimate of drug-likeness (QED) is 0.679. The van der Waals surface area contributed by atoms with Gasteiger partial charge in [-0.1, -0.05) is 80.1 Å². The van der Waals surface area contributed by atoms with Crippen LogP contribution < -0.4 is 0 Å². The van der Waals surface area contributed by atoms with Crippen molar-refractivity contribution in [3.8, 4) is 11.1 Å². The van der Waals surface area contributed by atoms with Gasteiger partial charge in [0.15, 0.2) is 5.78 Å². The van der Waals surface area contributed by atoms with Crippen LogP contribution in [0.4, 0.5) is 0 Å². The minimum atomic E-state index is 0.217.